The van der Waals surface area contributed by atoms with Gasteiger partial charge in [0.2, 0.25) is 5.95 Å². The fraction of sp³-hybridized carbons (Fsp3) is 0.444. The van der Waals surface area contributed by atoms with Gasteiger partial charge in [-0.2, -0.15) is 0 Å². The molecular formula is C18H23FN6O. The zero-order valence-corrected chi connectivity index (χ0v) is 14.8. The van der Waals surface area contributed by atoms with Gasteiger partial charge >= 0.3 is 0 Å². The van der Waals surface area contributed by atoms with Gasteiger partial charge in [-0.05, 0) is 32.0 Å². The quantitative estimate of drug-likeness (QED) is 0.620. The third-order valence-electron chi connectivity index (χ3n) is 4.73. The van der Waals surface area contributed by atoms with E-state index in [-0.39, 0.29) is 17.1 Å². The summed E-state index contributed by atoms with van der Waals surface area (Å²) in [5.41, 5.74) is 0.581. The Labute approximate surface area is 151 Å². The number of halogens is 1. The highest BCUT2D eigenvalue weighted by Gasteiger charge is 2.41. The van der Waals surface area contributed by atoms with Gasteiger partial charge in [-0.3, -0.25) is 9.78 Å². The third kappa shape index (κ3) is 3.96. The first-order chi connectivity index (χ1) is 12.6. The normalized spacial score (nSPS) is 15.2. The smallest absolute Gasteiger partial charge is 0.254 e. The summed E-state index contributed by atoms with van der Waals surface area (Å²) < 4.78 is 14.1. The van der Waals surface area contributed by atoms with E-state index in [1.165, 1.54) is 18.5 Å². The molecule has 0 bridgehead atoms. The van der Waals surface area contributed by atoms with Crippen LogP contribution in [0.3, 0.4) is 0 Å². The minimum absolute atomic E-state index is 0.210. The van der Waals surface area contributed by atoms with Crippen molar-refractivity contribution < 1.29 is 9.18 Å². The van der Waals surface area contributed by atoms with Gasteiger partial charge in [-0.15, -0.1) is 0 Å². The van der Waals surface area contributed by atoms with Crippen molar-refractivity contribution in [2.24, 2.45) is 0 Å². The molecule has 26 heavy (non-hydrogen) atoms. The molecule has 2 aromatic rings. The maximum absolute atomic E-state index is 14.1. The van der Waals surface area contributed by atoms with Crippen molar-refractivity contribution in [1.29, 1.82) is 0 Å². The molecule has 0 aromatic carbocycles. The van der Waals surface area contributed by atoms with Gasteiger partial charge in [0.25, 0.3) is 5.91 Å². The topological polar surface area (TPSA) is 91.8 Å². The molecule has 1 amide bonds. The first-order valence-electron chi connectivity index (χ1n) is 8.74. The lowest BCUT2D eigenvalue weighted by Gasteiger charge is -2.41. The number of pyridine rings is 1. The summed E-state index contributed by atoms with van der Waals surface area (Å²) in [7, 11) is 1.82. The van der Waals surface area contributed by atoms with Crippen molar-refractivity contribution in [2.75, 3.05) is 32.0 Å². The fourth-order valence-corrected chi connectivity index (χ4v) is 3.06. The van der Waals surface area contributed by atoms with E-state index >= 15 is 0 Å². The highest BCUT2D eigenvalue weighted by Crippen LogP contribution is 2.43. The molecule has 1 aliphatic rings. The second kappa shape index (κ2) is 8.18. The molecule has 2 heterocycles. The number of likely N-dealkylation sites (N-methyl/N-ethyl adjacent to an activating group) is 1. The number of carbonyl (C=O) groups excluding carboxylic acids is 1. The van der Waals surface area contributed by atoms with Crippen LogP contribution < -0.4 is 16.0 Å². The zero-order chi connectivity index (χ0) is 18.4. The van der Waals surface area contributed by atoms with E-state index in [1.807, 2.05) is 7.05 Å². The predicted octanol–water partition coefficient (Wildman–Crippen LogP) is 1.49. The van der Waals surface area contributed by atoms with Gasteiger partial charge in [0.15, 0.2) is 0 Å². The molecule has 8 heteroatoms. The standard InChI is InChI=1S/C18H23FN6O/c1-20-8-9-22-16(26)13-10-23-17(24-11-13)25-12-18(5-3-6-18)15-14(19)4-2-7-21-15/h2,4,7,10-11,20H,3,5-6,8-9,12H2,1H3,(H,22,26)(H,23,24,25). The lowest BCUT2D eigenvalue weighted by atomic mass is 9.66. The number of hydrogen-bond acceptors (Lipinski definition) is 6. The van der Waals surface area contributed by atoms with Crippen LogP contribution in [0.15, 0.2) is 30.7 Å². The summed E-state index contributed by atoms with van der Waals surface area (Å²) in [4.78, 5) is 24.6. The number of rotatable bonds is 8. The Morgan fingerprint density at radius 3 is 2.62 bits per heavy atom. The Morgan fingerprint density at radius 2 is 2.00 bits per heavy atom. The van der Waals surface area contributed by atoms with Crippen molar-refractivity contribution >= 4 is 11.9 Å². The fourth-order valence-electron chi connectivity index (χ4n) is 3.06. The second-order valence-corrected chi connectivity index (χ2v) is 6.48. The molecule has 0 spiro atoms. The van der Waals surface area contributed by atoms with Gasteiger partial charge in [0.1, 0.15) is 5.82 Å². The largest absolute Gasteiger partial charge is 0.353 e. The molecule has 7 nitrogen and oxygen atoms in total. The van der Waals surface area contributed by atoms with Crippen LogP contribution in [0, 0.1) is 5.82 Å². The number of hydrogen-bond donors (Lipinski definition) is 3. The minimum Gasteiger partial charge on any atom is -0.353 e. The van der Waals surface area contributed by atoms with Crippen LogP contribution >= 0.6 is 0 Å². The summed E-state index contributed by atoms with van der Waals surface area (Å²) in [6, 6.07) is 3.04. The van der Waals surface area contributed by atoms with E-state index in [0.29, 0.717) is 36.8 Å². The first kappa shape index (κ1) is 18.2. The van der Waals surface area contributed by atoms with E-state index in [2.05, 4.69) is 30.9 Å². The Balaban J connectivity index is 1.61. The van der Waals surface area contributed by atoms with E-state index in [1.54, 1.807) is 12.3 Å². The average molecular weight is 358 g/mol. The van der Waals surface area contributed by atoms with E-state index < -0.39 is 0 Å². The van der Waals surface area contributed by atoms with Crippen molar-refractivity contribution in [1.82, 2.24) is 25.6 Å². The molecule has 0 unspecified atom stereocenters. The van der Waals surface area contributed by atoms with E-state index in [9.17, 15) is 9.18 Å². The van der Waals surface area contributed by atoms with Gasteiger partial charge in [-0.1, -0.05) is 6.42 Å². The molecule has 3 rings (SSSR count). The lowest BCUT2D eigenvalue weighted by molar-refractivity contribution is 0.0953. The summed E-state index contributed by atoms with van der Waals surface area (Å²) in [5, 5.41) is 8.89. The molecule has 0 aliphatic heterocycles. The van der Waals surface area contributed by atoms with Crippen LogP contribution in [0.25, 0.3) is 0 Å². The first-order valence-corrected chi connectivity index (χ1v) is 8.74. The summed E-state index contributed by atoms with van der Waals surface area (Å²) in [6.07, 6.45) is 7.39. The molecule has 138 valence electrons. The van der Waals surface area contributed by atoms with Gasteiger partial charge in [0.05, 0.1) is 11.3 Å². The maximum Gasteiger partial charge on any atom is 0.254 e. The van der Waals surface area contributed by atoms with Crippen molar-refractivity contribution in [3.05, 3.63) is 47.8 Å². The molecule has 1 saturated carbocycles. The van der Waals surface area contributed by atoms with Crippen LogP contribution in [0.2, 0.25) is 0 Å². The van der Waals surface area contributed by atoms with Gasteiger partial charge < -0.3 is 16.0 Å². The number of amides is 1. The number of nitrogens with one attached hydrogen (secondary N) is 3. The Bertz CT molecular complexity index is 748. The summed E-state index contributed by atoms with van der Waals surface area (Å²) >= 11 is 0. The lowest BCUT2D eigenvalue weighted by Crippen LogP contribution is -2.42. The number of nitrogens with zero attached hydrogens (tertiary/aromatic N) is 3. The zero-order valence-electron chi connectivity index (χ0n) is 14.8. The average Bonchev–Trinajstić information content (AvgIpc) is 2.63. The minimum atomic E-state index is -0.322. The number of carbonyl (C=O) groups is 1. The van der Waals surface area contributed by atoms with Crippen molar-refractivity contribution in [3.63, 3.8) is 0 Å². The molecule has 0 atom stereocenters. The monoisotopic (exact) mass is 358 g/mol. The number of anilines is 1. The Hall–Kier alpha value is -2.61. The van der Waals surface area contributed by atoms with Gasteiger partial charge in [-0.25, -0.2) is 14.4 Å². The molecule has 0 radical (unpaired) electrons. The van der Waals surface area contributed by atoms with E-state index in [4.69, 9.17) is 0 Å². The molecule has 0 saturated heterocycles. The van der Waals surface area contributed by atoms with Crippen LogP contribution in [-0.2, 0) is 5.41 Å². The summed E-state index contributed by atoms with van der Waals surface area (Å²) in [6.45, 7) is 1.74. The van der Waals surface area contributed by atoms with Gasteiger partial charge in [0, 0.05) is 43.6 Å². The Morgan fingerprint density at radius 1 is 1.23 bits per heavy atom. The molecule has 1 fully saturated rings. The summed E-state index contributed by atoms with van der Waals surface area (Å²) in [5.74, 6) is -0.0688. The molecule has 3 N–H and O–H groups in total. The third-order valence-corrected chi connectivity index (χ3v) is 4.73. The maximum atomic E-state index is 14.1. The molecule has 1 aliphatic carbocycles. The van der Waals surface area contributed by atoms with Crippen LogP contribution in [0.1, 0.15) is 35.3 Å². The number of aromatic nitrogens is 3. The predicted molar refractivity (Wildman–Crippen MR) is 96.5 cm³/mol. The van der Waals surface area contributed by atoms with Crippen molar-refractivity contribution in [3.8, 4) is 0 Å². The van der Waals surface area contributed by atoms with Crippen LogP contribution in [0.5, 0.6) is 0 Å². The van der Waals surface area contributed by atoms with Crippen LogP contribution in [-0.4, -0.2) is 47.5 Å². The molecular weight excluding hydrogens is 335 g/mol. The van der Waals surface area contributed by atoms with E-state index in [0.717, 1.165) is 19.3 Å². The second-order valence-electron chi connectivity index (χ2n) is 6.48. The highest BCUT2D eigenvalue weighted by molar-refractivity contribution is 5.93. The highest BCUT2D eigenvalue weighted by atomic mass is 19.1. The van der Waals surface area contributed by atoms with Crippen LogP contribution in [0.4, 0.5) is 10.3 Å². The SMILES string of the molecule is CNCCNC(=O)c1cnc(NCC2(c3ncccc3F)CCC2)nc1. The van der Waals surface area contributed by atoms with Crippen molar-refractivity contribution in [2.45, 2.75) is 24.7 Å². The molecule has 2 aromatic heterocycles. The Kier molecular flexibility index (Phi) is 5.72.